The molecule has 8 nitrogen and oxygen atoms in total. The summed E-state index contributed by atoms with van der Waals surface area (Å²) < 4.78 is 43.0. The molecule has 0 aromatic heterocycles. The molecule has 9 heteroatoms. The molecule has 0 aliphatic rings. The number of hydrogen-bond donors (Lipinski definition) is 0. The Kier molecular flexibility index (Phi) is 7.03. The maximum absolute atomic E-state index is 13.1. The highest BCUT2D eigenvalue weighted by molar-refractivity contribution is 7.92. The van der Waals surface area contributed by atoms with Gasteiger partial charge in [-0.1, -0.05) is 12.1 Å². The van der Waals surface area contributed by atoms with Crippen LogP contribution in [0.1, 0.15) is 27.6 Å². The zero-order chi connectivity index (χ0) is 24.2. The minimum atomic E-state index is -3.90. The summed E-state index contributed by atoms with van der Waals surface area (Å²) >= 11 is 0. The molecule has 33 heavy (non-hydrogen) atoms. The summed E-state index contributed by atoms with van der Waals surface area (Å²) in [5.74, 6) is -0.0748. The highest BCUT2D eigenvalue weighted by Crippen LogP contribution is 2.31. The number of esters is 1. The summed E-state index contributed by atoms with van der Waals surface area (Å²) in [7, 11) is 0.381. The molecular weight excluding hydrogens is 446 g/mol. The lowest BCUT2D eigenvalue weighted by atomic mass is 10.1. The normalized spacial score (nSPS) is 10.9. The average Bonchev–Trinajstić information content (AvgIpc) is 2.83. The number of carbonyl (C=O) groups is 2. The molecule has 172 valence electrons. The van der Waals surface area contributed by atoms with E-state index < -0.39 is 16.0 Å². The molecule has 0 spiro atoms. The Morgan fingerprint density at radius 3 is 2.00 bits per heavy atom. The zero-order valence-electron chi connectivity index (χ0n) is 18.6. The summed E-state index contributed by atoms with van der Waals surface area (Å²) in [6, 6.07) is 16.6. The number of sulfonamides is 1. The number of Topliss-reactive ketones (excluding diaryl/α,β-unsaturated/α-hetero) is 1. The van der Waals surface area contributed by atoms with Crippen molar-refractivity contribution in [1.82, 2.24) is 0 Å². The number of methoxy groups -OCH3 is 2. The Morgan fingerprint density at radius 1 is 0.788 bits per heavy atom. The number of ketones is 1. The number of anilines is 1. The Balaban J connectivity index is 1.82. The lowest BCUT2D eigenvalue weighted by Crippen LogP contribution is -2.27. The van der Waals surface area contributed by atoms with Gasteiger partial charge in [-0.2, -0.15) is 0 Å². The van der Waals surface area contributed by atoms with Crippen LogP contribution in [0, 0.1) is 0 Å². The summed E-state index contributed by atoms with van der Waals surface area (Å²) in [5.41, 5.74) is 0.941. The molecule has 0 atom stereocenters. The van der Waals surface area contributed by atoms with E-state index in [1.807, 2.05) is 0 Å². The first-order chi connectivity index (χ1) is 15.7. The fourth-order valence-corrected chi connectivity index (χ4v) is 4.28. The maximum Gasteiger partial charge on any atom is 0.343 e. The van der Waals surface area contributed by atoms with Gasteiger partial charge in [-0.15, -0.1) is 0 Å². The Morgan fingerprint density at radius 2 is 1.39 bits per heavy atom. The van der Waals surface area contributed by atoms with Gasteiger partial charge < -0.3 is 14.2 Å². The van der Waals surface area contributed by atoms with Crippen LogP contribution in [-0.2, 0) is 10.0 Å². The van der Waals surface area contributed by atoms with Crippen LogP contribution in [0.25, 0.3) is 0 Å². The van der Waals surface area contributed by atoms with Gasteiger partial charge in [0.05, 0.1) is 30.4 Å². The quantitative estimate of drug-likeness (QED) is 0.280. The van der Waals surface area contributed by atoms with Crippen molar-refractivity contribution in [3.63, 3.8) is 0 Å². The molecule has 0 radical (unpaired) electrons. The number of ether oxygens (including phenoxy) is 3. The molecule has 0 saturated heterocycles. The second-order valence-corrected chi connectivity index (χ2v) is 8.95. The zero-order valence-corrected chi connectivity index (χ0v) is 19.4. The van der Waals surface area contributed by atoms with Gasteiger partial charge in [0.15, 0.2) is 17.3 Å². The number of carbonyl (C=O) groups excluding carboxylic acids is 2. The lowest BCUT2D eigenvalue weighted by Gasteiger charge is -2.21. The fourth-order valence-electron chi connectivity index (χ4n) is 3.07. The third-order valence-electron chi connectivity index (χ3n) is 4.95. The smallest absolute Gasteiger partial charge is 0.343 e. The van der Waals surface area contributed by atoms with Crippen molar-refractivity contribution < 1.29 is 32.2 Å². The first-order valence-corrected chi connectivity index (χ1v) is 11.3. The van der Waals surface area contributed by atoms with Crippen LogP contribution in [-0.4, -0.2) is 41.4 Å². The number of benzene rings is 3. The van der Waals surface area contributed by atoms with Crippen molar-refractivity contribution in [3.8, 4) is 17.2 Å². The van der Waals surface area contributed by atoms with E-state index in [-0.39, 0.29) is 27.7 Å². The molecule has 0 heterocycles. The molecule has 3 aromatic carbocycles. The Bertz CT molecular complexity index is 1280. The van der Waals surface area contributed by atoms with Crippen molar-refractivity contribution in [2.75, 3.05) is 25.6 Å². The molecule has 3 aromatic rings. The fraction of sp³-hybridized carbons (Fsp3) is 0.167. The standard InChI is InChI=1S/C24H23NO7S/c1-16(26)18-11-14-22(23(15-18)31-4)32-24(27)17-9-12-19(13-10-17)33(28,29)25(2)20-7-5-6-8-21(20)30-3/h5-15H,1-4H3. The minimum absolute atomic E-state index is 0.00384. The third kappa shape index (κ3) is 4.98. The first kappa shape index (κ1) is 23.8. The van der Waals surface area contributed by atoms with Gasteiger partial charge >= 0.3 is 5.97 Å². The Hall–Kier alpha value is -3.85. The van der Waals surface area contributed by atoms with Gasteiger partial charge in [0.25, 0.3) is 10.0 Å². The van der Waals surface area contributed by atoms with Crippen LogP contribution in [0.3, 0.4) is 0 Å². The van der Waals surface area contributed by atoms with E-state index in [2.05, 4.69) is 0 Å². The SMILES string of the molecule is COc1cc(C(C)=O)ccc1OC(=O)c1ccc(S(=O)(=O)N(C)c2ccccc2OC)cc1. The second-order valence-electron chi connectivity index (χ2n) is 6.98. The topological polar surface area (TPSA) is 99.2 Å². The van der Waals surface area contributed by atoms with Gasteiger partial charge in [-0.25, -0.2) is 13.2 Å². The van der Waals surface area contributed by atoms with Crippen LogP contribution >= 0.6 is 0 Å². The number of nitrogens with zero attached hydrogens (tertiary/aromatic N) is 1. The summed E-state index contributed by atoms with van der Waals surface area (Å²) in [4.78, 5) is 24.1. The second kappa shape index (κ2) is 9.74. The Labute approximate surface area is 192 Å². The van der Waals surface area contributed by atoms with E-state index >= 15 is 0 Å². The number of para-hydroxylation sites is 2. The van der Waals surface area contributed by atoms with Gasteiger partial charge in [-0.3, -0.25) is 9.10 Å². The monoisotopic (exact) mass is 469 g/mol. The summed E-state index contributed by atoms with van der Waals surface area (Å²) in [6.07, 6.45) is 0. The minimum Gasteiger partial charge on any atom is -0.495 e. The van der Waals surface area contributed by atoms with E-state index in [0.29, 0.717) is 17.0 Å². The van der Waals surface area contributed by atoms with Crippen LogP contribution < -0.4 is 18.5 Å². The van der Waals surface area contributed by atoms with Gasteiger partial charge in [-0.05, 0) is 61.5 Å². The largest absolute Gasteiger partial charge is 0.495 e. The molecule has 0 amide bonds. The third-order valence-corrected chi connectivity index (χ3v) is 6.73. The molecule has 3 rings (SSSR count). The predicted octanol–water partition coefficient (Wildman–Crippen LogP) is 3.95. The highest BCUT2D eigenvalue weighted by Gasteiger charge is 2.24. The average molecular weight is 470 g/mol. The summed E-state index contributed by atoms with van der Waals surface area (Å²) in [6.45, 7) is 1.42. The first-order valence-electron chi connectivity index (χ1n) is 9.82. The molecule has 0 saturated carbocycles. The van der Waals surface area contributed by atoms with Crippen LogP contribution in [0.5, 0.6) is 17.2 Å². The molecule has 0 fully saturated rings. The van der Waals surface area contributed by atoms with Crippen molar-refractivity contribution in [2.45, 2.75) is 11.8 Å². The van der Waals surface area contributed by atoms with Crippen LogP contribution in [0.2, 0.25) is 0 Å². The molecule has 0 unspecified atom stereocenters. The molecule has 0 bridgehead atoms. The maximum atomic E-state index is 13.1. The van der Waals surface area contributed by atoms with Crippen LogP contribution in [0.15, 0.2) is 71.6 Å². The molecule has 0 N–H and O–H groups in total. The summed E-state index contributed by atoms with van der Waals surface area (Å²) in [5, 5.41) is 0. The molecule has 0 aliphatic carbocycles. The van der Waals surface area contributed by atoms with E-state index in [1.165, 1.54) is 70.7 Å². The highest BCUT2D eigenvalue weighted by atomic mass is 32.2. The van der Waals surface area contributed by atoms with Crippen molar-refractivity contribution in [1.29, 1.82) is 0 Å². The van der Waals surface area contributed by atoms with Crippen LogP contribution in [0.4, 0.5) is 5.69 Å². The van der Waals surface area contributed by atoms with E-state index in [0.717, 1.165) is 4.31 Å². The molecule has 0 aliphatic heterocycles. The number of rotatable bonds is 8. The van der Waals surface area contributed by atoms with E-state index in [9.17, 15) is 18.0 Å². The van der Waals surface area contributed by atoms with Gasteiger partial charge in [0.2, 0.25) is 0 Å². The van der Waals surface area contributed by atoms with Crippen molar-refractivity contribution in [2.24, 2.45) is 0 Å². The van der Waals surface area contributed by atoms with Crippen molar-refractivity contribution in [3.05, 3.63) is 77.9 Å². The molecular formula is C24H23NO7S. The van der Waals surface area contributed by atoms with E-state index in [4.69, 9.17) is 14.2 Å². The predicted molar refractivity (Wildman–Crippen MR) is 123 cm³/mol. The lowest BCUT2D eigenvalue weighted by molar-refractivity contribution is 0.0729. The van der Waals surface area contributed by atoms with Crippen molar-refractivity contribution >= 4 is 27.5 Å². The number of hydrogen-bond acceptors (Lipinski definition) is 7. The van der Waals surface area contributed by atoms with E-state index in [1.54, 1.807) is 24.3 Å². The van der Waals surface area contributed by atoms with Gasteiger partial charge in [0, 0.05) is 12.6 Å². The van der Waals surface area contributed by atoms with Gasteiger partial charge in [0.1, 0.15) is 5.75 Å².